The molecule has 3 atom stereocenters. The second kappa shape index (κ2) is 9.40. The number of carbonyl (C=O) groups is 2. The van der Waals surface area contributed by atoms with Crippen LogP contribution in [0.5, 0.6) is 0 Å². The number of hydrogen-bond acceptors (Lipinski definition) is 5. The quantitative estimate of drug-likeness (QED) is 0.327. The summed E-state index contributed by atoms with van der Waals surface area (Å²) in [4.78, 5) is 23.8. The summed E-state index contributed by atoms with van der Waals surface area (Å²) in [5.74, 6) is -0.395. The van der Waals surface area contributed by atoms with Crippen molar-refractivity contribution in [2.75, 3.05) is 0 Å². The number of epoxide rings is 1. The van der Waals surface area contributed by atoms with Crippen molar-refractivity contribution in [3.05, 3.63) is 34.9 Å². The fourth-order valence-corrected chi connectivity index (χ4v) is 3.82. The van der Waals surface area contributed by atoms with Gasteiger partial charge in [-0.1, -0.05) is 23.3 Å². The van der Waals surface area contributed by atoms with E-state index in [1.54, 1.807) is 13.0 Å². The molecule has 1 saturated heterocycles. The topological polar surface area (TPSA) is 76.1 Å². The van der Waals surface area contributed by atoms with Gasteiger partial charge in [0.15, 0.2) is 17.5 Å². The molecule has 1 fully saturated rings. The Morgan fingerprint density at radius 1 is 1.24 bits per heavy atom. The van der Waals surface area contributed by atoms with Crippen molar-refractivity contribution < 1.29 is 24.2 Å². The number of fused-ring (bicyclic) bond motifs is 1. The maximum atomic E-state index is 12.5. The molecule has 0 aromatic heterocycles. The first-order valence-electron chi connectivity index (χ1n) is 10.6. The van der Waals surface area contributed by atoms with E-state index in [0.29, 0.717) is 6.42 Å². The molecule has 5 nitrogen and oxygen atoms in total. The van der Waals surface area contributed by atoms with Gasteiger partial charge in [0.2, 0.25) is 0 Å². The van der Waals surface area contributed by atoms with E-state index < -0.39 is 17.3 Å². The highest BCUT2D eigenvalue weighted by molar-refractivity contribution is 6.02. The zero-order valence-electron chi connectivity index (χ0n) is 18.7. The molecule has 0 aromatic carbocycles. The molecular weight excluding hydrogens is 368 g/mol. The fourth-order valence-electron chi connectivity index (χ4n) is 3.82. The third-order valence-electron chi connectivity index (χ3n) is 5.68. The molecule has 1 N–H and O–H groups in total. The number of ketones is 1. The van der Waals surface area contributed by atoms with Crippen LogP contribution in [0.15, 0.2) is 34.9 Å². The average Bonchev–Trinajstić information content (AvgIpc) is 3.32. The summed E-state index contributed by atoms with van der Waals surface area (Å²) in [6.07, 6.45) is 10.2. The van der Waals surface area contributed by atoms with Crippen LogP contribution in [0.25, 0.3) is 0 Å². The second-order valence-electron chi connectivity index (χ2n) is 9.22. The lowest BCUT2D eigenvalue weighted by atomic mass is 9.84. The Morgan fingerprint density at radius 3 is 2.52 bits per heavy atom. The lowest BCUT2D eigenvalue weighted by Gasteiger charge is -2.22. The number of hydrogen-bond donors (Lipinski definition) is 1. The third-order valence-corrected chi connectivity index (χ3v) is 5.68. The van der Waals surface area contributed by atoms with Crippen molar-refractivity contribution in [2.45, 2.75) is 103 Å². The molecule has 2 aliphatic rings. The van der Waals surface area contributed by atoms with Gasteiger partial charge < -0.3 is 14.6 Å². The van der Waals surface area contributed by atoms with Crippen molar-refractivity contribution in [1.82, 2.24) is 0 Å². The molecule has 0 saturated carbocycles. The van der Waals surface area contributed by atoms with E-state index in [0.717, 1.165) is 37.7 Å². The molecule has 29 heavy (non-hydrogen) atoms. The summed E-state index contributed by atoms with van der Waals surface area (Å²) in [7, 11) is 0. The van der Waals surface area contributed by atoms with Crippen molar-refractivity contribution >= 4 is 11.8 Å². The number of allylic oxidation sites excluding steroid dienone is 3. The minimum atomic E-state index is -0.857. The molecule has 0 amide bonds. The van der Waals surface area contributed by atoms with Gasteiger partial charge in [-0.3, -0.25) is 9.59 Å². The summed E-state index contributed by atoms with van der Waals surface area (Å²) in [5, 5.41) is 9.77. The van der Waals surface area contributed by atoms with Gasteiger partial charge in [-0.2, -0.15) is 0 Å². The predicted molar refractivity (Wildman–Crippen MR) is 113 cm³/mol. The number of carbonyl (C=O) groups excluding carboxylic acids is 2. The van der Waals surface area contributed by atoms with Crippen molar-refractivity contribution in [2.24, 2.45) is 0 Å². The molecular formula is C24H36O5. The number of rotatable bonds is 10. The van der Waals surface area contributed by atoms with Crippen LogP contribution in [0.1, 0.15) is 80.1 Å². The minimum Gasteiger partial charge on any atom is -0.455 e. The van der Waals surface area contributed by atoms with Crippen LogP contribution in [-0.4, -0.2) is 40.3 Å². The van der Waals surface area contributed by atoms with Crippen LogP contribution < -0.4 is 0 Å². The average molecular weight is 405 g/mol. The second-order valence-corrected chi connectivity index (χ2v) is 9.22. The Bertz CT molecular complexity index is 722. The Kier molecular flexibility index (Phi) is 7.63. The van der Waals surface area contributed by atoms with Gasteiger partial charge in [-0.05, 0) is 78.4 Å². The highest BCUT2D eigenvalue weighted by Crippen LogP contribution is 2.49. The van der Waals surface area contributed by atoms with Crippen LogP contribution in [0.3, 0.4) is 0 Å². The van der Waals surface area contributed by atoms with E-state index >= 15 is 0 Å². The SMILES string of the molecule is CC(=O)O[C@@H]1C(C)=CC(=O)[C@]2(C/C=C(\C)CC/C=C(\C)CCCC(C)(C)O)O[C@H]12. The van der Waals surface area contributed by atoms with Gasteiger partial charge in [0.1, 0.15) is 6.10 Å². The van der Waals surface area contributed by atoms with Crippen molar-refractivity contribution in [3.8, 4) is 0 Å². The summed E-state index contributed by atoms with van der Waals surface area (Å²) >= 11 is 0. The van der Waals surface area contributed by atoms with E-state index in [1.165, 1.54) is 18.1 Å². The number of ether oxygens (including phenoxy) is 2. The summed E-state index contributed by atoms with van der Waals surface area (Å²) in [6.45, 7) is 11.1. The maximum Gasteiger partial charge on any atom is 0.303 e. The minimum absolute atomic E-state index is 0.0324. The number of aliphatic hydroxyl groups is 1. The van der Waals surface area contributed by atoms with E-state index in [2.05, 4.69) is 26.0 Å². The van der Waals surface area contributed by atoms with E-state index in [9.17, 15) is 14.7 Å². The Balaban J connectivity index is 1.83. The molecule has 0 unspecified atom stereocenters. The van der Waals surface area contributed by atoms with Crippen molar-refractivity contribution in [1.29, 1.82) is 0 Å². The Morgan fingerprint density at radius 2 is 1.90 bits per heavy atom. The van der Waals surface area contributed by atoms with E-state index in [-0.39, 0.29) is 17.9 Å². The van der Waals surface area contributed by atoms with Crippen LogP contribution in [0.2, 0.25) is 0 Å². The van der Waals surface area contributed by atoms with Crippen LogP contribution in [0, 0.1) is 0 Å². The van der Waals surface area contributed by atoms with E-state index in [4.69, 9.17) is 9.47 Å². The van der Waals surface area contributed by atoms with Gasteiger partial charge in [-0.25, -0.2) is 0 Å². The highest BCUT2D eigenvalue weighted by atomic mass is 16.7. The van der Waals surface area contributed by atoms with E-state index in [1.807, 2.05) is 13.8 Å². The van der Waals surface area contributed by atoms with Crippen LogP contribution in [0.4, 0.5) is 0 Å². The van der Waals surface area contributed by atoms with Gasteiger partial charge in [0.25, 0.3) is 0 Å². The fraction of sp³-hybridized carbons (Fsp3) is 0.667. The normalized spacial score (nSPS) is 27.4. The first kappa shape index (κ1) is 23.6. The molecule has 5 heteroatoms. The van der Waals surface area contributed by atoms with Gasteiger partial charge in [0, 0.05) is 13.3 Å². The predicted octanol–water partition coefficient (Wildman–Crippen LogP) is 4.59. The monoisotopic (exact) mass is 404 g/mol. The summed E-state index contributed by atoms with van der Waals surface area (Å²) in [6, 6.07) is 0. The first-order chi connectivity index (χ1) is 13.4. The molecule has 1 aliphatic heterocycles. The molecule has 0 radical (unpaired) electrons. The molecule has 1 heterocycles. The third kappa shape index (κ3) is 6.65. The maximum absolute atomic E-state index is 12.5. The lowest BCUT2D eigenvalue weighted by molar-refractivity contribution is -0.145. The molecule has 1 aliphatic carbocycles. The van der Waals surface area contributed by atoms with Crippen molar-refractivity contribution in [3.63, 3.8) is 0 Å². The Labute approximate surface area is 174 Å². The van der Waals surface area contributed by atoms with Gasteiger partial charge in [-0.15, -0.1) is 0 Å². The molecule has 2 rings (SSSR count). The largest absolute Gasteiger partial charge is 0.455 e. The molecule has 0 bridgehead atoms. The zero-order valence-corrected chi connectivity index (χ0v) is 18.7. The molecule has 0 aromatic rings. The van der Waals surface area contributed by atoms with Gasteiger partial charge in [0.05, 0.1) is 5.60 Å². The Hall–Kier alpha value is -1.72. The first-order valence-corrected chi connectivity index (χ1v) is 10.6. The highest BCUT2D eigenvalue weighted by Gasteiger charge is 2.67. The molecule has 162 valence electrons. The van der Waals surface area contributed by atoms with Gasteiger partial charge >= 0.3 is 5.97 Å². The number of esters is 1. The summed E-state index contributed by atoms with van der Waals surface area (Å²) in [5.41, 5.74) is 1.86. The standard InChI is InChI=1S/C24H36O5/c1-16(11-8-13-23(5,6)27)9-7-10-17(2)12-14-24-20(26)15-18(3)21(22(24)29-24)28-19(4)25/h9,12,15,21-22,27H,7-8,10-11,13-14H2,1-6H3/b16-9+,17-12+/t21-,22-,24+/m1/s1. The van der Waals surface area contributed by atoms with Crippen LogP contribution >= 0.6 is 0 Å². The lowest BCUT2D eigenvalue weighted by Crippen LogP contribution is -2.38. The molecule has 0 spiro atoms. The summed E-state index contributed by atoms with van der Waals surface area (Å²) < 4.78 is 11.1. The zero-order chi connectivity index (χ0) is 21.8. The van der Waals surface area contributed by atoms with Crippen LogP contribution in [-0.2, 0) is 19.1 Å². The smallest absolute Gasteiger partial charge is 0.303 e.